The lowest BCUT2D eigenvalue weighted by Gasteiger charge is -2.55. The quantitative estimate of drug-likeness (QED) is 0.645. The van der Waals surface area contributed by atoms with Crippen LogP contribution >= 0.6 is 0 Å². The Morgan fingerprint density at radius 2 is 1.46 bits per heavy atom. The number of carbonyl (C=O) groups excluding carboxylic acids is 3. The Bertz CT molecular complexity index is 570. The summed E-state index contributed by atoms with van der Waals surface area (Å²) in [5.41, 5.74) is -0.191. The summed E-state index contributed by atoms with van der Waals surface area (Å²) in [6, 6.07) is 0.122. The Kier molecular flexibility index (Phi) is 6.35. The number of rotatable bonds is 8. The van der Waals surface area contributed by atoms with Crippen LogP contribution in [0.25, 0.3) is 0 Å². The molecule has 6 heteroatoms. The third-order valence-electron chi connectivity index (χ3n) is 6.89. The van der Waals surface area contributed by atoms with Gasteiger partial charge in [-0.05, 0) is 84.0 Å². The zero-order chi connectivity index (χ0) is 20.5. The molecule has 4 aliphatic rings. The number of ether oxygens (including phenoxy) is 1. The average molecular weight is 393 g/mol. The van der Waals surface area contributed by atoms with E-state index in [1.165, 1.54) is 19.3 Å². The Balaban J connectivity index is 1.40. The molecule has 0 atom stereocenters. The van der Waals surface area contributed by atoms with Crippen LogP contribution in [0.3, 0.4) is 0 Å². The van der Waals surface area contributed by atoms with E-state index in [0.717, 1.165) is 37.0 Å². The molecule has 0 spiro atoms. The van der Waals surface area contributed by atoms with E-state index in [1.54, 1.807) is 4.90 Å². The first-order valence-corrected chi connectivity index (χ1v) is 11.0. The molecule has 0 saturated heterocycles. The molecule has 6 nitrogen and oxygen atoms in total. The summed E-state index contributed by atoms with van der Waals surface area (Å²) in [6.07, 6.45) is 7.07. The summed E-state index contributed by atoms with van der Waals surface area (Å²) in [5, 5.41) is 2.98. The fourth-order valence-electron chi connectivity index (χ4n) is 6.32. The predicted molar refractivity (Wildman–Crippen MR) is 106 cm³/mol. The van der Waals surface area contributed by atoms with Crippen molar-refractivity contribution in [1.29, 1.82) is 0 Å². The van der Waals surface area contributed by atoms with Crippen molar-refractivity contribution in [2.45, 2.75) is 84.7 Å². The summed E-state index contributed by atoms with van der Waals surface area (Å²) in [4.78, 5) is 38.8. The summed E-state index contributed by atoms with van der Waals surface area (Å²) in [7, 11) is 0. The number of hydrogen-bond acceptors (Lipinski definition) is 4. The van der Waals surface area contributed by atoms with Crippen molar-refractivity contribution in [3.63, 3.8) is 0 Å². The lowest BCUT2D eigenvalue weighted by molar-refractivity contribution is -0.154. The molecule has 158 valence electrons. The lowest BCUT2D eigenvalue weighted by atomic mass is 9.49. The van der Waals surface area contributed by atoms with Crippen LogP contribution < -0.4 is 5.32 Å². The van der Waals surface area contributed by atoms with Gasteiger partial charge in [0, 0.05) is 24.0 Å². The molecule has 4 rings (SSSR count). The maximum absolute atomic E-state index is 12.9. The molecule has 1 N–H and O–H groups in total. The molecule has 0 aliphatic heterocycles. The minimum atomic E-state index is -0.438. The van der Waals surface area contributed by atoms with Gasteiger partial charge in [-0.3, -0.25) is 14.4 Å². The molecule has 4 fully saturated rings. The molecule has 0 aromatic carbocycles. The zero-order valence-corrected chi connectivity index (χ0v) is 17.8. The molecule has 28 heavy (non-hydrogen) atoms. The zero-order valence-electron chi connectivity index (χ0n) is 17.8. The van der Waals surface area contributed by atoms with Crippen molar-refractivity contribution in [2.24, 2.45) is 23.2 Å². The lowest BCUT2D eigenvalue weighted by Crippen LogP contribution is -2.53. The van der Waals surface area contributed by atoms with Crippen LogP contribution in [0.15, 0.2) is 0 Å². The Hall–Kier alpha value is -1.59. The van der Waals surface area contributed by atoms with Crippen molar-refractivity contribution in [1.82, 2.24) is 10.2 Å². The normalized spacial score (nSPS) is 30.6. The minimum absolute atomic E-state index is 0.0609. The van der Waals surface area contributed by atoms with Crippen LogP contribution in [0.2, 0.25) is 0 Å². The monoisotopic (exact) mass is 392 g/mol. The van der Waals surface area contributed by atoms with Crippen LogP contribution in [0, 0.1) is 23.2 Å². The molecule has 4 aliphatic carbocycles. The van der Waals surface area contributed by atoms with Gasteiger partial charge in [0.05, 0.1) is 6.42 Å². The van der Waals surface area contributed by atoms with E-state index >= 15 is 0 Å². The van der Waals surface area contributed by atoms with Crippen LogP contribution in [-0.2, 0) is 19.1 Å². The van der Waals surface area contributed by atoms with Gasteiger partial charge in [0.2, 0.25) is 5.91 Å². The molecule has 0 radical (unpaired) electrons. The second-order valence-electron chi connectivity index (χ2n) is 9.85. The van der Waals surface area contributed by atoms with Crippen molar-refractivity contribution in [3.8, 4) is 0 Å². The van der Waals surface area contributed by atoms with Crippen molar-refractivity contribution < 1.29 is 19.1 Å². The fourth-order valence-corrected chi connectivity index (χ4v) is 6.32. The second-order valence-corrected chi connectivity index (χ2v) is 9.85. The first kappa shape index (κ1) is 21.1. The first-order valence-electron chi connectivity index (χ1n) is 11.0. The summed E-state index contributed by atoms with van der Waals surface area (Å²) < 4.78 is 5.13. The predicted octanol–water partition coefficient (Wildman–Crippen LogP) is 2.90. The maximum Gasteiger partial charge on any atom is 0.308 e. The largest absolute Gasteiger partial charge is 0.456 e. The average Bonchev–Trinajstić information content (AvgIpc) is 2.58. The van der Waals surface area contributed by atoms with E-state index in [1.807, 2.05) is 27.7 Å². The molecule has 0 aromatic rings. The molecular weight excluding hydrogens is 356 g/mol. The fraction of sp³-hybridized carbons (Fsp3) is 0.864. The molecule has 2 amide bonds. The van der Waals surface area contributed by atoms with Crippen molar-refractivity contribution in [3.05, 3.63) is 0 Å². The standard InChI is InChI=1S/C22H36N2O4/c1-14(2)24(15(3)4)19(25)13-28-20(26)5-6-23-21(27)22-10-16-7-17(11-22)9-18(8-16)12-22/h14-18H,5-13H2,1-4H3,(H,23,27). The molecule has 0 heterocycles. The van der Waals surface area contributed by atoms with Crippen LogP contribution in [0.4, 0.5) is 0 Å². The SMILES string of the molecule is CC(C)N(C(=O)COC(=O)CCNC(=O)C12CC3CC(CC(C3)C1)C2)C(C)C. The molecule has 0 unspecified atom stereocenters. The molecule has 0 aromatic heterocycles. The third kappa shape index (κ3) is 4.52. The second kappa shape index (κ2) is 8.42. The van der Waals surface area contributed by atoms with E-state index in [9.17, 15) is 14.4 Å². The van der Waals surface area contributed by atoms with E-state index in [-0.39, 0.29) is 48.9 Å². The minimum Gasteiger partial charge on any atom is -0.456 e. The van der Waals surface area contributed by atoms with Gasteiger partial charge < -0.3 is 15.0 Å². The highest BCUT2D eigenvalue weighted by molar-refractivity contribution is 5.84. The molecule has 4 bridgehead atoms. The van der Waals surface area contributed by atoms with Gasteiger partial charge in [-0.2, -0.15) is 0 Å². The number of hydrogen-bond donors (Lipinski definition) is 1. The highest BCUT2D eigenvalue weighted by atomic mass is 16.5. The Morgan fingerprint density at radius 1 is 0.964 bits per heavy atom. The van der Waals surface area contributed by atoms with E-state index < -0.39 is 5.97 Å². The summed E-state index contributed by atoms with van der Waals surface area (Å²) in [5.74, 6) is 1.66. The highest BCUT2D eigenvalue weighted by Gasteiger charge is 2.54. The molecule has 4 saturated carbocycles. The van der Waals surface area contributed by atoms with Gasteiger partial charge in [-0.25, -0.2) is 0 Å². The van der Waals surface area contributed by atoms with Crippen LogP contribution in [-0.4, -0.2) is 47.9 Å². The Morgan fingerprint density at radius 3 is 1.93 bits per heavy atom. The van der Waals surface area contributed by atoms with Crippen LogP contribution in [0.5, 0.6) is 0 Å². The van der Waals surface area contributed by atoms with Gasteiger partial charge >= 0.3 is 5.97 Å². The van der Waals surface area contributed by atoms with Gasteiger partial charge in [-0.1, -0.05) is 0 Å². The van der Waals surface area contributed by atoms with E-state index in [0.29, 0.717) is 0 Å². The van der Waals surface area contributed by atoms with Crippen LogP contribution in [0.1, 0.15) is 72.6 Å². The summed E-state index contributed by atoms with van der Waals surface area (Å²) >= 11 is 0. The number of nitrogens with one attached hydrogen (secondary N) is 1. The number of esters is 1. The number of carbonyl (C=O) groups is 3. The van der Waals surface area contributed by atoms with E-state index in [4.69, 9.17) is 4.74 Å². The van der Waals surface area contributed by atoms with E-state index in [2.05, 4.69) is 5.32 Å². The summed E-state index contributed by atoms with van der Waals surface area (Å²) in [6.45, 7) is 7.82. The molecular formula is C22H36N2O4. The van der Waals surface area contributed by atoms with Gasteiger partial charge in [-0.15, -0.1) is 0 Å². The Labute approximate surface area is 168 Å². The number of nitrogens with zero attached hydrogens (tertiary/aromatic N) is 1. The van der Waals surface area contributed by atoms with Crippen molar-refractivity contribution >= 4 is 17.8 Å². The highest BCUT2D eigenvalue weighted by Crippen LogP contribution is 2.60. The first-order chi connectivity index (χ1) is 13.2. The maximum atomic E-state index is 12.9. The van der Waals surface area contributed by atoms with Gasteiger partial charge in [0.1, 0.15) is 0 Å². The van der Waals surface area contributed by atoms with Gasteiger partial charge in [0.25, 0.3) is 5.91 Å². The topological polar surface area (TPSA) is 75.7 Å². The third-order valence-corrected chi connectivity index (χ3v) is 6.89. The van der Waals surface area contributed by atoms with Gasteiger partial charge in [0.15, 0.2) is 6.61 Å². The smallest absolute Gasteiger partial charge is 0.308 e. The number of amides is 2. The van der Waals surface area contributed by atoms with Crippen molar-refractivity contribution in [2.75, 3.05) is 13.2 Å².